The second-order valence-corrected chi connectivity index (χ2v) is 12.2. The molecule has 38 heavy (non-hydrogen) atoms. The number of carbonyl (C=O) groups excluding carboxylic acids is 1. The van der Waals surface area contributed by atoms with Crippen LogP contribution in [0.3, 0.4) is 0 Å². The Balaban J connectivity index is 2.83. The van der Waals surface area contributed by atoms with Crippen LogP contribution in [-0.4, -0.2) is 23.8 Å². The number of allylic oxidation sites excluding steroid dienone is 2. The first-order valence-corrected chi connectivity index (χ1v) is 15.3. The molecule has 0 N–H and O–H groups in total. The van der Waals surface area contributed by atoms with E-state index in [9.17, 15) is 4.79 Å². The van der Waals surface area contributed by atoms with Gasteiger partial charge in [0.15, 0.2) is 0 Å². The molecule has 0 saturated heterocycles. The van der Waals surface area contributed by atoms with Crippen molar-refractivity contribution in [3.05, 3.63) is 53.4 Å². The Bertz CT molecular complexity index is 867. The SMILES string of the molecule is C=C(C)Oc1cc(C)cc(C)c1C(C)(C)CC(=C)N(CCCCCCCC)CCCCCCCCC(C)=O. The van der Waals surface area contributed by atoms with Crippen LogP contribution in [0, 0.1) is 13.8 Å². The highest BCUT2D eigenvalue weighted by Crippen LogP contribution is 2.40. The Kier molecular flexibility index (Phi) is 16.4. The van der Waals surface area contributed by atoms with E-state index in [4.69, 9.17) is 4.74 Å². The van der Waals surface area contributed by atoms with Gasteiger partial charge in [-0.05, 0) is 76.0 Å². The number of hydrogen-bond acceptors (Lipinski definition) is 3. The molecular weight excluding hydrogens is 466 g/mol. The van der Waals surface area contributed by atoms with Gasteiger partial charge in [-0.3, -0.25) is 0 Å². The van der Waals surface area contributed by atoms with Gasteiger partial charge in [0.1, 0.15) is 11.5 Å². The van der Waals surface area contributed by atoms with Crippen molar-refractivity contribution in [2.45, 2.75) is 144 Å². The van der Waals surface area contributed by atoms with Gasteiger partial charge in [0.2, 0.25) is 0 Å². The summed E-state index contributed by atoms with van der Waals surface area (Å²) in [6.07, 6.45) is 16.7. The smallest absolute Gasteiger partial charge is 0.131 e. The van der Waals surface area contributed by atoms with Gasteiger partial charge < -0.3 is 14.4 Å². The quantitative estimate of drug-likeness (QED) is 0.111. The highest BCUT2D eigenvalue weighted by Gasteiger charge is 2.29. The Morgan fingerprint density at radius 1 is 0.842 bits per heavy atom. The molecule has 0 aliphatic carbocycles. The summed E-state index contributed by atoms with van der Waals surface area (Å²) in [6, 6.07) is 4.40. The topological polar surface area (TPSA) is 29.5 Å². The van der Waals surface area contributed by atoms with Crippen molar-refractivity contribution in [3.63, 3.8) is 0 Å². The van der Waals surface area contributed by atoms with Crippen molar-refractivity contribution in [1.82, 2.24) is 4.90 Å². The Hall–Kier alpha value is -2.03. The molecule has 0 atom stereocenters. The molecule has 3 nitrogen and oxygen atoms in total. The Morgan fingerprint density at radius 2 is 1.37 bits per heavy atom. The van der Waals surface area contributed by atoms with Gasteiger partial charge in [0, 0.05) is 30.8 Å². The molecular formula is C35H59NO2. The number of nitrogens with zero attached hydrogens (tertiary/aromatic N) is 1. The monoisotopic (exact) mass is 525 g/mol. The van der Waals surface area contributed by atoms with Crippen molar-refractivity contribution in [3.8, 4) is 5.75 Å². The Labute approximate surface area is 236 Å². The zero-order valence-corrected chi connectivity index (χ0v) is 26.1. The third-order valence-corrected chi connectivity index (χ3v) is 7.49. The number of ketones is 1. The number of Topliss-reactive ketones (excluding diaryl/α,β-unsaturated/α-hetero) is 1. The van der Waals surface area contributed by atoms with Crippen LogP contribution >= 0.6 is 0 Å². The second kappa shape index (κ2) is 18.3. The fraction of sp³-hybridized carbons (Fsp3) is 0.686. The van der Waals surface area contributed by atoms with Gasteiger partial charge in [-0.15, -0.1) is 0 Å². The van der Waals surface area contributed by atoms with Gasteiger partial charge >= 0.3 is 0 Å². The van der Waals surface area contributed by atoms with Crippen LogP contribution in [0.25, 0.3) is 0 Å². The lowest BCUT2D eigenvalue weighted by molar-refractivity contribution is -0.117. The maximum atomic E-state index is 11.1. The third-order valence-electron chi connectivity index (χ3n) is 7.49. The second-order valence-electron chi connectivity index (χ2n) is 12.2. The molecule has 0 radical (unpaired) electrons. The van der Waals surface area contributed by atoms with Crippen molar-refractivity contribution in [1.29, 1.82) is 0 Å². The van der Waals surface area contributed by atoms with E-state index in [1.165, 1.54) is 93.0 Å². The minimum Gasteiger partial charge on any atom is -0.462 e. The van der Waals surface area contributed by atoms with E-state index in [1.54, 1.807) is 6.92 Å². The standard InChI is InChI=1S/C35H59NO2/c1-10-11-12-13-17-20-23-36(24-21-18-15-14-16-19-22-32(7)37)31(6)27-35(8,9)34-30(5)25-29(4)26-33(34)38-28(2)3/h25-26H,2,6,10-24,27H2,1,3-5,7-9H3. The zero-order chi connectivity index (χ0) is 28.6. The number of hydrogen-bond donors (Lipinski definition) is 0. The molecule has 0 unspecified atom stereocenters. The van der Waals surface area contributed by atoms with Crippen LogP contribution in [0.2, 0.25) is 0 Å². The van der Waals surface area contributed by atoms with E-state index in [-0.39, 0.29) is 5.41 Å². The predicted octanol–water partition coefficient (Wildman–Crippen LogP) is 10.4. The maximum Gasteiger partial charge on any atom is 0.131 e. The molecule has 0 aliphatic heterocycles. The average molecular weight is 526 g/mol. The molecule has 0 amide bonds. The highest BCUT2D eigenvalue weighted by atomic mass is 16.5. The van der Waals surface area contributed by atoms with E-state index in [1.807, 2.05) is 6.92 Å². The summed E-state index contributed by atoms with van der Waals surface area (Å²) >= 11 is 0. The summed E-state index contributed by atoms with van der Waals surface area (Å²) in [5.41, 5.74) is 4.88. The lowest BCUT2D eigenvalue weighted by atomic mass is 9.77. The summed E-state index contributed by atoms with van der Waals surface area (Å²) in [7, 11) is 0. The van der Waals surface area contributed by atoms with Crippen LogP contribution in [-0.2, 0) is 10.2 Å². The third kappa shape index (κ3) is 13.7. The fourth-order valence-electron chi connectivity index (χ4n) is 5.67. The van der Waals surface area contributed by atoms with Crippen molar-refractivity contribution < 1.29 is 9.53 Å². The van der Waals surface area contributed by atoms with Gasteiger partial charge in [-0.1, -0.05) is 97.8 Å². The lowest BCUT2D eigenvalue weighted by Crippen LogP contribution is -2.30. The molecule has 1 aromatic rings. The first-order chi connectivity index (χ1) is 18.0. The number of benzene rings is 1. The minimum atomic E-state index is -0.101. The summed E-state index contributed by atoms with van der Waals surface area (Å²) in [5.74, 6) is 1.97. The number of rotatable bonds is 22. The van der Waals surface area contributed by atoms with Crippen LogP contribution in [0.15, 0.2) is 36.7 Å². The maximum absolute atomic E-state index is 11.1. The van der Waals surface area contributed by atoms with Crippen LogP contribution in [0.5, 0.6) is 5.75 Å². The largest absolute Gasteiger partial charge is 0.462 e. The van der Waals surface area contributed by atoms with Crippen LogP contribution in [0.4, 0.5) is 0 Å². The van der Waals surface area contributed by atoms with Crippen LogP contribution < -0.4 is 4.74 Å². The molecule has 0 spiro atoms. The van der Waals surface area contributed by atoms with Crippen LogP contribution in [0.1, 0.15) is 141 Å². The molecule has 0 heterocycles. The number of carbonyl (C=O) groups is 1. The number of aryl methyl sites for hydroxylation is 2. The normalized spacial score (nSPS) is 11.4. The van der Waals surface area contributed by atoms with Gasteiger partial charge in [-0.2, -0.15) is 0 Å². The number of unbranched alkanes of at least 4 members (excludes halogenated alkanes) is 10. The number of ether oxygens (including phenoxy) is 1. The molecule has 0 bridgehead atoms. The first-order valence-electron chi connectivity index (χ1n) is 15.3. The van der Waals surface area contributed by atoms with Gasteiger partial charge in [0.05, 0.1) is 5.76 Å². The molecule has 0 saturated carbocycles. The summed E-state index contributed by atoms with van der Waals surface area (Å²) < 4.78 is 6.12. The van der Waals surface area contributed by atoms with Gasteiger partial charge in [-0.25, -0.2) is 0 Å². The molecule has 0 fully saturated rings. The summed E-state index contributed by atoms with van der Waals surface area (Å²) in [5, 5.41) is 0. The average Bonchev–Trinajstić information content (AvgIpc) is 2.79. The van der Waals surface area contributed by atoms with E-state index in [0.29, 0.717) is 5.78 Å². The van der Waals surface area contributed by atoms with Crippen molar-refractivity contribution in [2.24, 2.45) is 0 Å². The van der Waals surface area contributed by atoms with Gasteiger partial charge in [0.25, 0.3) is 0 Å². The Morgan fingerprint density at radius 3 is 1.89 bits per heavy atom. The van der Waals surface area contributed by atoms with E-state index >= 15 is 0 Å². The molecule has 0 aromatic heterocycles. The summed E-state index contributed by atoms with van der Waals surface area (Å²) in [4.78, 5) is 13.7. The summed E-state index contributed by atoms with van der Waals surface area (Å²) in [6.45, 7) is 25.7. The van der Waals surface area contributed by atoms with E-state index in [0.717, 1.165) is 43.9 Å². The zero-order valence-electron chi connectivity index (χ0n) is 26.1. The van der Waals surface area contributed by atoms with Crippen molar-refractivity contribution in [2.75, 3.05) is 13.1 Å². The minimum absolute atomic E-state index is 0.101. The molecule has 1 aromatic carbocycles. The van der Waals surface area contributed by atoms with Crippen molar-refractivity contribution >= 4 is 5.78 Å². The molecule has 0 aliphatic rings. The van der Waals surface area contributed by atoms with E-state index in [2.05, 4.69) is 64.8 Å². The molecule has 3 heteroatoms. The first kappa shape index (κ1) is 34.0. The highest BCUT2D eigenvalue weighted by molar-refractivity contribution is 5.75. The molecule has 216 valence electrons. The fourth-order valence-corrected chi connectivity index (χ4v) is 5.67. The van der Waals surface area contributed by atoms with E-state index < -0.39 is 0 Å². The lowest BCUT2D eigenvalue weighted by Gasteiger charge is -2.35. The predicted molar refractivity (Wildman–Crippen MR) is 166 cm³/mol. The molecule has 1 rings (SSSR count).